The molecule has 3 rings (SSSR count). The van der Waals surface area contributed by atoms with E-state index in [1.807, 2.05) is 56.3 Å². The van der Waals surface area contributed by atoms with Crippen molar-refractivity contribution >= 4 is 39.3 Å². The number of hydrogen-bond donors (Lipinski definition) is 1. The summed E-state index contributed by atoms with van der Waals surface area (Å²) in [5.41, 5.74) is 3.89. The first-order valence-electron chi connectivity index (χ1n) is 7.61. The number of nitrogens with one attached hydrogen (secondary N) is 1. The van der Waals surface area contributed by atoms with Gasteiger partial charge in [0, 0.05) is 10.0 Å². The molecule has 0 aliphatic carbocycles. The van der Waals surface area contributed by atoms with E-state index in [9.17, 15) is 4.79 Å². The first-order valence-corrected chi connectivity index (χ1v) is 9.39. The van der Waals surface area contributed by atoms with Gasteiger partial charge in [0.15, 0.2) is 0 Å². The molecule has 1 aromatic heterocycles. The molecule has 0 unspecified atom stereocenters. The maximum Gasteiger partial charge on any atom is 0.277 e. The molecule has 0 spiro atoms. The van der Waals surface area contributed by atoms with E-state index < -0.39 is 0 Å². The van der Waals surface area contributed by atoms with Crippen molar-refractivity contribution in [2.24, 2.45) is 0 Å². The van der Waals surface area contributed by atoms with E-state index in [2.05, 4.69) is 31.4 Å². The first kappa shape index (κ1) is 17.7. The number of hydrogen-bond acceptors (Lipinski definition) is 5. The van der Waals surface area contributed by atoms with Crippen LogP contribution in [0.1, 0.15) is 11.1 Å². The molecule has 0 bridgehead atoms. The standard InChI is InChI=1S/C18H16BrN3O2S/c1-11-8-14(19)15(9-12(11)2)20-16(23)10-25-18-22-21-17(24-18)13-6-4-3-5-7-13/h3-9H,10H2,1-2H3,(H,20,23). The number of rotatable bonds is 5. The molecular weight excluding hydrogens is 402 g/mol. The lowest BCUT2D eigenvalue weighted by molar-refractivity contribution is -0.113. The van der Waals surface area contributed by atoms with Crippen LogP contribution >= 0.6 is 27.7 Å². The predicted molar refractivity (Wildman–Crippen MR) is 103 cm³/mol. The first-order chi connectivity index (χ1) is 12.0. The molecule has 25 heavy (non-hydrogen) atoms. The molecule has 0 radical (unpaired) electrons. The number of aryl methyl sites for hydroxylation is 2. The summed E-state index contributed by atoms with van der Waals surface area (Å²) >= 11 is 4.68. The molecule has 0 atom stereocenters. The van der Waals surface area contributed by atoms with Gasteiger partial charge < -0.3 is 9.73 Å². The lowest BCUT2D eigenvalue weighted by Crippen LogP contribution is -2.14. The van der Waals surface area contributed by atoms with Gasteiger partial charge in [0.05, 0.1) is 11.4 Å². The molecule has 0 aliphatic heterocycles. The van der Waals surface area contributed by atoms with Crippen molar-refractivity contribution in [3.8, 4) is 11.5 Å². The van der Waals surface area contributed by atoms with Crippen LogP contribution in [0.5, 0.6) is 0 Å². The van der Waals surface area contributed by atoms with E-state index in [1.165, 1.54) is 17.3 Å². The summed E-state index contributed by atoms with van der Waals surface area (Å²) in [5.74, 6) is 0.504. The summed E-state index contributed by atoms with van der Waals surface area (Å²) in [6, 6.07) is 13.5. The lowest BCUT2D eigenvalue weighted by atomic mass is 10.1. The van der Waals surface area contributed by atoms with Crippen molar-refractivity contribution in [1.82, 2.24) is 10.2 Å². The molecule has 0 saturated heterocycles. The fourth-order valence-corrected chi connectivity index (χ4v) is 3.28. The highest BCUT2D eigenvalue weighted by molar-refractivity contribution is 9.10. The largest absolute Gasteiger partial charge is 0.411 e. The molecule has 0 fully saturated rings. The molecule has 1 N–H and O–H groups in total. The average molecular weight is 418 g/mol. The van der Waals surface area contributed by atoms with Crippen LogP contribution < -0.4 is 5.32 Å². The molecule has 2 aromatic carbocycles. The van der Waals surface area contributed by atoms with E-state index >= 15 is 0 Å². The third-order valence-electron chi connectivity index (χ3n) is 3.61. The number of nitrogens with zero attached hydrogens (tertiary/aromatic N) is 2. The maximum atomic E-state index is 12.2. The predicted octanol–water partition coefficient (Wildman–Crippen LogP) is 4.85. The van der Waals surface area contributed by atoms with Crippen molar-refractivity contribution in [3.05, 3.63) is 58.1 Å². The minimum absolute atomic E-state index is 0.131. The van der Waals surface area contributed by atoms with Gasteiger partial charge in [-0.2, -0.15) is 0 Å². The highest BCUT2D eigenvalue weighted by Crippen LogP contribution is 2.27. The van der Waals surface area contributed by atoms with E-state index in [1.54, 1.807) is 0 Å². The third kappa shape index (κ3) is 4.49. The Morgan fingerprint density at radius 1 is 1.16 bits per heavy atom. The average Bonchev–Trinajstić information content (AvgIpc) is 3.08. The summed E-state index contributed by atoms with van der Waals surface area (Å²) in [7, 11) is 0. The zero-order chi connectivity index (χ0) is 17.8. The number of carbonyl (C=O) groups excluding carboxylic acids is 1. The molecule has 0 saturated carbocycles. The second kappa shape index (κ2) is 7.84. The Hall–Kier alpha value is -2.12. The molecule has 1 heterocycles. The van der Waals surface area contributed by atoms with Gasteiger partial charge in [0.1, 0.15) is 0 Å². The van der Waals surface area contributed by atoms with Crippen LogP contribution in [0.2, 0.25) is 0 Å². The summed E-state index contributed by atoms with van der Waals surface area (Å²) in [6.07, 6.45) is 0. The minimum Gasteiger partial charge on any atom is -0.411 e. The van der Waals surface area contributed by atoms with Crippen LogP contribution in [0.4, 0.5) is 5.69 Å². The fraction of sp³-hybridized carbons (Fsp3) is 0.167. The molecule has 1 amide bonds. The van der Waals surface area contributed by atoms with Gasteiger partial charge in [0.25, 0.3) is 5.22 Å². The van der Waals surface area contributed by atoms with Gasteiger partial charge in [-0.25, -0.2) is 0 Å². The highest BCUT2D eigenvalue weighted by Gasteiger charge is 2.12. The van der Waals surface area contributed by atoms with Crippen LogP contribution in [0.3, 0.4) is 0 Å². The minimum atomic E-state index is -0.131. The summed E-state index contributed by atoms with van der Waals surface area (Å²) in [5, 5.41) is 11.2. The summed E-state index contributed by atoms with van der Waals surface area (Å²) in [6.45, 7) is 4.04. The van der Waals surface area contributed by atoms with E-state index in [-0.39, 0.29) is 11.7 Å². The Balaban J connectivity index is 1.60. The number of halogens is 1. The number of aromatic nitrogens is 2. The van der Waals surface area contributed by atoms with Crippen molar-refractivity contribution in [2.75, 3.05) is 11.1 Å². The molecule has 3 aromatic rings. The van der Waals surface area contributed by atoms with Gasteiger partial charge >= 0.3 is 0 Å². The maximum absolute atomic E-state index is 12.2. The summed E-state index contributed by atoms with van der Waals surface area (Å²) < 4.78 is 6.44. The van der Waals surface area contributed by atoms with Gasteiger partial charge in [-0.15, -0.1) is 10.2 Å². The molecule has 5 nitrogen and oxygen atoms in total. The quantitative estimate of drug-likeness (QED) is 0.601. The number of amides is 1. The zero-order valence-electron chi connectivity index (χ0n) is 13.7. The van der Waals surface area contributed by atoms with Gasteiger partial charge in [-0.3, -0.25) is 4.79 Å². The smallest absolute Gasteiger partial charge is 0.277 e. The van der Waals surface area contributed by atoms with Crippen molar-refractivity contribution < 1.29 is 9.21 Å². The Morgan fingerprint density at radius 3 is 2.64 bits per heavy atom. The highest BCUT2D eigenvalue weighted by atomic mass is 79.9. The molecule has 0 aliphatic rings. The van der Waals surface area contributed by atoms with Crippen LogP contribution in [-0.2, 0) is 4.79 Å². The van der Waals surface area contributed by atoms with E-state index in [0.717, 1.165) is 21.3 Å². The molecule has 7 heteroatoms. The Morgan fingerprint density at radius 2 is 1.88 bits per heavy atom. The fourth-order valence-electron chi connectivity index (χ4n) is 2.16. The topological polar surface area (TPSA) is 68.0 Å². The lowest BCUT2D eigenvalue weighted by Gasteiger charge is -2.09. The van der Waals surface area contributed by atoms with Gasteiger partial charge in [-0.05, 0) is 65.2 Å². The van der Waals surface area contributed by atoms with Crippen LogP contribution in [0.25, 0.3) is 11.5 Å². The second-order valence-electron chi connectivity index (χ2n) is 5.49. The van der Waals surface area contributed by atoms with Crippen LogP contribution in [0.15, 0.2) is 56.6 Å². The monoisotopic (exact) mass is 417 g/mol. The van der Waals surface area contributed by atoms with Crippen LogP contribution in [-0.4, -0.2) is 21.9 Å². The Kier molecular flexibility index (Phi) is 5.55. The number of thioether (sulfide) groups is 1. The van der Waals surface area contributed by atoms with Crippen LogP contribution in [0, 0.1) is 13.8 Å². The van der Waals surface area contributed by atoms with E-state index in [0.29, 0.717) is 11.1 Å². The third-order valence-corrected chi connectivity index (χ3v) is 5.09. The van der Waals surface area contributed by atoms with Crippen molar-refractivity contribution in [3.63, 3.8) is 0 Å². The number of benzene rings is 2. The van der Waals surface area contributed by atoms with Crippen molar-refractivity contribution in [2.45, 2.75) is 19.1 Å². The van der Waals surface area contributed by atoms with E-state index in [4.69, 9.17) is 4.42 Å². The number of carbonyl (C=O) groups is 1. The SMILES string of the molecule is Cc1cc(Br)c(NC(=O)CSc2nnc(-c3ccccc3)o2)cc1C. The molecular formula is C18H16BrN3O2S. The Bertz CT molecular complexity index is 897. The normalized spacial score (nSPS) is 10.7. The van der Waals surface area contributed by atoms with Gasteiger partial charge in [-0.1, -0.05) is 30.0 Å². The summed E-state index contributed by atoms with van der Waals surface area (Å²) in [4.78, 5) is 12.2. The van der Waals surface area contributed by atoms with Crippen molar-refractivity contribution in [1.29, 1.82) is 0 Å². The number of anilines is 1. The Labute approximate surface area is 158 Å². The second-order valence-corrected chi connectivity index (χ2v) is 7.27. The zero-order valence-corrected chi connectivity index (χ0v) is 16.1. The molecule has 128 valence electrons. The van der Waals surface area contributed by atoms with Gasteiger partial charge in [0.2, 0.25) is 11.8 Å².